The number of hydrogen-bond acceptors (Lipinski definition) is 2. The van der Waals surface area contributed by atoms with E-state index in [-0.39, 0.29) is 20.9 Å². The molecule has 0 saturated heterocycles. The molecule has 1 aromatic heterocycles. The van der Waals surface area contributed by atoms with E-state index in [4.69, 9.17) is 16.3 Å². The maximum atomic E-state index is 12.4. The van der Waals surface area contributed by atoms with Crippen LogP contribution in [0.4, 0.5) is 8.78 Å². The molecule has 0 bridgehead atoms. The monoisotopic (exact) mass is 271 g/mol. The molecule has 72 valence electrons. The Kier molecular flexibility index (Phi) is 3.44. The van der Waals surface area contributed by atoms with Gasteiger partial charge in [0, 0.05) is 0 Å². The number of hydrogen-bond donors (Lipinski definition) is 0. The SMILES string of the molecule is COc1cnc(Cl)c(C(F)F)c1Br. The van der Waals surface area contributed by atoms with E-state index in [0.29, 0.717) is 0 Å². The van der Waals surface area contributed by atoms with E-state index in [0.717, 1.165) is 0 Å². The van der Waals surface area contributed by atoms with Gasteiger partial charge in [0.25, 0.3) is 6.43 Å². The number of methoxy groups -OCH3 is 1. The van der Waals surface area contributed by atoms with Gasteiger partial charge in [0.2, 0.25) is 0 Å². The molecule has 0 aliphatic heterocycles. The molecule has 0 N–H and O–H groups in total. The first-order valence-electron chi connectivity index (χ1n) is 3.24. The second-order valence-electron chi connectivity index (χ2n) is 2.15. The normalized spacial score (nSPS) is 10.6. The van der Waals surface area contributed by atoms with Crippen molar-refractivity contribution in [1.82, 2.24) is 4.98 Å². The van der Waals surface area contributed by atoms with Crippen molar-refractivity contribution < 1.29 is 13.5 Å². The molecule has 1 rings (SSSR count). The van der Waals surface area contributed by atoms with E-state index in [2.05, 4.69) is 20.9 Å². The van der Waals surface area contributed by atoms with Crippen LogP contribution in [0, 0.1) is 0 Å². The molecular weight excluding hydrogens is 267 g/mol. The Balaban J connectivity index is 3.30. The summed E-state index contributed by atoms with van der Waals surface area (Å²) >= 11 is 8.44. The summed E-state index contributed by atoms with van der Waals surface area (Å²) in [6.45, 7) is 0. The molecule has 0 aliphatic rings. The largest absolute Gasteiger partial charge is 0.494 e. The molecule has 1 heterocycles. The Hall–Kier alpha value is -0.420. The average molecular weight is 272 g/mol. The van der Waals surface area contributed by atoms with Gasteiger partial charge in [0.05, 0.1) is 23.3 Å². The Morgan fingerprint density at radius 2 is 2.23 bits per heavy atom. The molecule has 6 heteroatoms. The van der Waals surface area contributed by atoms with Crippen molar-refractivity contribution in [3.05, 3.63) is 21.4 Å². The molecule has 0 atom stereocenters. The first-order chi connectivity index (χ1) is 6.07. The zero-order chi connectivity index (χ0) is 10.0. The fourth-order valence-corrected chi connectivity index (χ4v) is 1.76. The summed E-state index contributed by atoms with van der Waals surface area (Å²) in [6.07, 6.45) is -1.40. The zero-order valence-electron chi connectivity index (χ0n) is 6.52. The van der Waals surface area contributed by atoms with Gasteiger partial charge in [0.1, 0.15) is 5.15 Å². The zero-order valence-corrected chi connectivity index (χ0v) is 8.86. The lowest BCUT2D eigenvalue weighted by molar-refractivity contribution is 0.149. The predicted octanol–water partition coefficient (Wildman–Crippen LogP) is 3.44. The topological polar surface area (TPSA) is 22.1 Å². The average Bonchev–Trinajstić information content (AvgIpc) is 2.04. The van der Waals surface area contributed by atoms with Crippen LogP contribution in [-0.4, -0.2) is 12.1 Å². The number of nitrogens with zero attached hydrogens (tertiary/aromatic N) is 1. The van der Waals surface area contributed by atoms with Crippen molar-refractivity contribution in [2.75, 3.05) is 7.11 Å². The molecule has 0 fully saturated rings. The summed E-state index contributed by atoms with van der Waals surface area (Å²) in [6, 6.07) is 0. The van der Waals surface area contributed by atoms with Crippen LogP contribution in [-0.2, 0) is 0 Å². The fourth-order valence-electron chi connectivity index (χ4n) is 0.793. The molecule has 0 aliphatic carbocycles. The number of ether oxygens (including phenoxy) is 1. The molecule has 0 unspecified atom stereocenters. The predicted molar refractivity (Wildman–Crippen MR) is 48.5 cm³/mol. The van der Waals surface area contributed by atoms with Crippen molar-refractivity contribution in [3.63, 3.8) is 0 Å². The van der Waals surface area contributed by atoms with E-state index in [1.807, 2.05) is 0 Å². The summed E-state index contributed by atoms with van der Waals surface area (Å²) in [5.41, 5.74) is -0.346. The van der Waals surface area contributed by atoms with Gasteiger partial charge in [-0.2, -0.15) is 0 Å². The van der Waals surface area contributed by atoms with Crippen LogP contribution in [0.2, 0.25) is 5.15 Å². The highest BCUT2D eigenvalue weighted by molar-refractivity contribution is 9.10. The third kappa shape index (κ3) is 2.08. The number of pyridine rings is 1. The molecule has 13 heavy (non-hydrogen) atoms. The summed E-state index contributed by atoms with van der Waals surface area (Å²) in [4.78, 5) is 3.56. The maximum absolute atomic E-state index is 12.4. The van der Waals surface area contributed by atoms with Gasteiger partial charge >= 0.3 is 0 Å². The number of rotatable bonds is 2. The molecule has 1 aromatic rings. The maximum Gasteiger partial charge on any atom is 0.268 e. The highest BCUT2D eigenvalue weighted by Crippen LogP contribution is 2.37. The minimum atomic E-state index is -2.68. The van der Waals surface area contributed by atoms with Gasteiger partial charge in [-0.15, -0.1) is 0 Å². The van der Waals surface area contributed by atoms with Crippen molar-refractivity contribution in [2.24, 2.45) is 0 Å². The van der Waals surface area contributed by atoms with Crippen LogP contribution < -0.4 is 4.74 Å². The second kappa shape index (κ2) is 4.19. The molecule has 0 radical (unpaired) electrons. The standard InChI is InChI=1S/C7H5BrClF2NO/c1-13-3-2-12-6(9)4(5(3)8)7(10)11/h2,7H,1H3. The molecule has 2 nitrogen and oxygen atoms in total. The van der Waals surface area contributed by atoms with Crippen molar-refractivity contribution in [2.45, 2.75) is 6.43 Å². The first kappa shape index (κ1) is 10.7. The first-order valence-corrected chi connectivity index (χ1v) is 4.41. The lowest BCUT2D eigenvalue weighted by Gasteiger charge is -2.08. The smallest absolute Gasteiger partial charge is 0.268 e. The number of alkyl halides is 2. The van der Waals surface area contributed by atoms with Gasteiger partial charge in [-0.3, -0.25) is 0 Å². The minimum absolute atomic E-state index is 0.144. The Bertz CT molecular complexity index is 322. The van der Waals surface area contributed by atoms with Gasteiger partial charge in [-0.05, 0) is 15.9 Å². The van der Waals surface area contributed by atoms with Gasteiger partial charge in [-0.25, -0.2) is 13.8 Å². The fraction of sp³-hybridized carbons (Fsp3) is 0.286. The lowest BCUT2D eigenvalue weighted by atomic mass is 10.3. The van der Waals surface area contributed by atoms with Crippen LogP contribution in [0.1, 0.15) is 12.0 Å². The Morgan fingerprint density at radius 1 is 1.62 bits per heavy atom. The van der Waals surface area contributed by atoms with Crippen molar-refractivity contribution in [3.8, 4) is 5.75 Å². The summed E-state index contributed by atoms with van der Waals surface area (Å²) < 4.78 is 29.7. The number of aromatic nitrogens is 1. The third-order valence-corrected chi connectivity index (χ3v) is 2.53. The van der Waals surface area contributed by atoms with Gasteiger partial charge in [0.15, 0.2) is 5.75 Å². The van der Waals surface area contributed by atoms with E-state index in [9.17, 15) is 8.78 Å². The minimum Gasteiger partial charge on any atom is -0.494 e. The molecule has 0 spiro atoms. The molecule has 0 aromatic carbocycles. The molecular formula is C7H5BrClF2NO. The Labute approximate surface area is 87.0 Å². The Morgan fingerprint density at radius 3 is 2.69 bits per heavy atom. The molecule has 0 amide bonds. The van der Waals surface area contributed by atoms with Gasteiger partial charge < -0.3 is 4.74 Å². The van der Waals surface area contributed by atoms with E-state index < -0.39 is 6.43 Å². The van der Waals surface area contributed by atoms with Crippen LogP contribution in [0.15, 0.2) is 10.7 Å². The lowest BCUT2D eigenvalue weighted by Crippen LogP contribution is -1.95. The third-order valence-electron chi connectivity index (χ3n) is 1.41. The highest BCUT2D eigenvalue weighted by Gasteiger charge is 2.20. The quantitative estimate of drug-likeness (QED) is 0.769. The second-order valence-corrected chi connectivity index (χ2v) is 3.30. The summed E-state index contributed by atoms with van der Waals surface area (Å²) in [5, 5.41) is -0.220. The van der Waals surface area contributed by atoms with E-state index in [1.165, 1.54) is 13.3 Å². The molecule has 0 saturated carbocycles. The highest BCUT2D eigenvalue weighted by atomic mass is 79.9. The van der Waals surface area contributed by atoms with E-state index >= 15 is 0 Å². The van der Waals surface area contributed by atoms with Crippen LogP contribution >= 0.6 is 27.5 Å². The van der Waals surface area contributed by atoms with Crippen molar-refractivity contribution >= 4 is 27.5 Å². The van der Waals surface area contributed by atoms with E-state index in [1.54, 1.807) is 0 Å². The van der Waals surface area contributed by atoms with Crippen molar-refractivity contribution in [1.29, 1.82) is 0 Å². The number of halogens is 4. The summed E-state index contributed by atoms with van der Waals surface area (Å²) in [7, 11) is 1.37. The summed E-state index contributed by atoms with van der Waals surface area (Å²) in [5.74, 6) is 0.236. The van der Waals surface area contributed by atoms with Crippen LogP contribution in [0.5, 0.6) is 5.75 Å². The van der Waals surface area contributed by atoms with Crippen LogP contribution in [0.3, 0.4) is 0 Å². The van der Waals surface area contributed by atoms with Gasteiger partial charge in [-0.1, -0.05) is 11.6 Å². The van der Waals surface area contributed by atoms with Crippen LogP contribution in [0.25, 0.3) is 0 Å².